The van der Waals surface area contributed by atoms with Crippen molar-refractivity contribution in [3.63, 3.8) is 0 Å². The predicted molar refractivity (Wildman–Crippen MR) is 86.8 cm³/mol. The Balaban J connectivity index is 2.06. The van der Waals surface area contributed by atoms with Gasteiger partial charge in [-0.15, -0.1) is 0 Å². The predicted octanol–water partition coefficient (Wildman–Crippen LogP) is 4.08. The first-order chi connectivity index (χ1) is 10.3. The summed E-state index contributed by atoms with van der Waals surface area (Å²) in [6, 6.07) is 14.2. The van der Waals surface area contributed by atoms with Crippen LogP contribution >= 0.6 is 11.6 Å². The van der Waals surface area contributed by atoms with Crippen molar-refractivity contribution >= 4 is 17.1 Å². The van der Waals surface area contributed by atoms with Crippen molar-refractivity contribution in [2.75, 3.05) is 6.54 Å². The number of halogens is 1. The molecule has 3 aromatic rings. The lowest BCUT2D eigenvalue weighted by Gasteiger charge is -2.18. The summed E-state index contributed by atoms with van der Waals surface area (Å²) < 4.78 is 1.90. The molecular formula is C17H18ClN3. The van der Waals surface area contributed by atoms with Crippen LogP contribution in [-0.4, -0.2) is 16.2 Å². The van der Waals surface area contributed by atoms with Gasteiger partial charge in [0.1, 0.15) is 0 Å². The van der Waals surface area contributed by atoms with Crippen molar-refractivity contribution < 1.29 is 0 Å². The van der Waals surface area contributed by atoms with Crippen molar-refractivity contribution in [2.24, 2.45) is 0 Å². The Bertz CT molecular complexity index is 735. The van der Waals surface area contributed by atoms with Gasteiger partial charge in [0.05, 0.1) is 17.8 Å². The summed E-state index contributed by atoms with van der Waals surface area (Å²) in [5, 5.41) is 8.79. The van der Waals surface area contributed by atoms with E-state index in [1.54, 1.807) is 0 Å². The Labute approximate surface area is 129 Å². The zero-order valence-electron chi connectivity index (χ0n) is 12.0. The average molecular weight is 300 g/mol. The largest absolute Gasteiger partial charge is 0.306 e. The minimum Gasteiger partial charge on any atom is -0.306 e. The number of hydrogen-bond acceptors (Lipinski definition) is 2. The molecule has 0 aliphatic carbocycles. The second-order valence-electron chi connectivity index (χ2n) is 5.07. The Morgan fingerprint density at radius 1 is 1.24 bits per heavy atom. The standard InChI is InChI=1S/C17H18ClN3/c1-2-9-19-17(13-6-5-7-14(18)11-13)15-12-20-21-10-4-3-8-16(15)21/h3-8,10-12,17,19H,2,9H2,1H3. The Morgan fingerprint density at radius 2 is 2.14 bits per heavy atom. The quantitative estimate of drug-likeness (QED) is 0.769. The normalized spacial score (nSPS) is 12.7. The number of nitrogens with one attached hydrogen (secondary N) is 1. The molecule has 1 atom stereocenters. The minimum atomic E-state index is 0.101. The van der Waals surface area contributed by atoms with Gasteiger partial charge in [-0.1, -0.05) is 36.7 Å². The molecule has 108 valence electrons. The van der Waals surface area contributed by atoms with E-state index in [9.17, 15) is 0 Å². The summed E-state index contributed by atoms with van der Waals surface area (Å²) in [5.74, 6) is 0. The van der Waals surface area contributed by atoms with Crippen LogP contribution < -0.4 is 5.32 Å². The molecule has 21 heavy (non-hydrogen) atoms. The number of benzene rings is 1. The van der Waals surface area contributed by atoms with E-state index in [1.807, 2.05) is 47.2 Å². The Kier molecular flexibility index (Phi) is 4.23. The van der Waals surface area contributed by atoms with Crippen LogP contribution in [-0.2, 0) is 0 Å². The third kappa shape index (κ3) is 2.94. The van der Waals surface area contributed by atoms with E-state index in [-0.39, 0.29) is 6.04 Å². The van der Waals surface area contributed by atoms with Gasteiger partial charge in [0.2, 0.25) is 0 Å². The molecule has 1 unspecified atom stereocenters. The van der Waals surface area contributed by atoms with Crippen LogP contribution in [0.1, 0.15) is 30.5 Å². The SMILES string of the molecule is CCCNC(c1cccc(Cl)c1)c1cnn2ccccc12. The van der Waals surface area contributed by atoms with Crippen LogP contribution in [0.25, 0.3) is 5.52 Å². The zero-order valence-corrected chi connectivity index (χ0v) is 12.7. The fourth-order valence-electron chi connectivity index (χ4n) is 2.56. The van der Waals surface area contributed by atoms with Crippen LogP contribution in [0.15, 0.2) is 54.9 Å². The van der Waals surface area contributed by atoms with Crippen molar-refractivity contribution in [3.8, 4) is 0 Å². The summed E-state index contributed by atoms with van der Waals surface area (Å²) in [6.45, 7) is 3.11. The van der Waals surface area contributed by atoms with Crippen molar-refractivity contribution in [3.05, 3.63) is 71.0 Å². The second kappa shape index (κ2) is 6.29. The van der Waals surface area contributed by atoms with Gasteiger partial charge in [-0.05, 0) is 42.8 Å². The summed E-state index contributed by atoms with van der Waals surface area (Å²) in [4.78, 5) is 0. The van der Waals surface area contributed by atoms with E-state index in [2.05, 4.69) is 29.5 Å². The molecule has 2 aromatic heterocycles. The van der Waals surface area contributed by atoms with Crippen LogP contribution in [0.5, 0.6) is 0 Å². The molecule has 1 aromatic carbocycles. The van der Waals surface area contributed by atoms with E-state index in [0.717, 1.165) is 29.1 Å². The van der Waals surface area contributed by atoms with Crippen molar-refractivity contribution in [1.29, 1.82) is 0 Å². The van der Waals surface area contributed by atoms with Crippen molar-refractivity contribution in [1.82, 2.24) is 14.9 Å². The molecule has 0 amide bonds. The highest BCUT2D eigenvalue weighted by Crippen LogP contribution is 2.27. The smallest absolute Gasteiger partial charge is 0.0712 e. The number of hydrogen-bond donors (Lipinski definition) is 1. The van der Waals surface area contributed by atoms with Gasteiger partial charge < -0.3 is 5.32 Å². The molecule has 0 aliphatic rings. The lowest BCUT2D eigenvalue weighted by Crippen LogP contribution is -2.23. The van der Waals surface area contributed by atoms with Gasteiger partial charge in [0.15, 0.2) is 0 Å². The minimum absolute atomic E-state index is 0.101. The fraction of sp³-hybridized carbons (Fsp3) is 0.235. The molecule has 0 radical (unpaired) electrons. The Hall–Kier alpha value is -1.84. The van der Waals surface area contributed by atoms with E-state index in [0.29, 0.717) is 0 Å². The molecular weight excluding hydrogens is 282 g/mol. The maximum absolute atomic E-state index is 6.15. The van der Waals surface area contributed by atoms with Crippen LogP contribution in [0.2, 0.25) is 5.02 Å². The van der Waals surface area contributed by atoms with Gasteiger partial charge in [0.25, 0.3) is 0 Å². The van der Waals surface area contributed by atoms with E-state index >= 15 is 0 Å². The first-order valence-corrected chi connectivity index (χ1v) is 7.58. The monoisotopic (exact) mass is 299 g/mol. The highest BCUT2D eigenvalue weighted by molar-refractivity contribution is 6.30. The van der Waals surface area contributed by atoms with Gasteiger partial charge in [0, 0.05) is 16.8 Å². The molecule has 1 N–H and O–H groups in total. The summed E-state index contributed by atoms with van der Waals surface area (Å²) in [5.41, 5.74) is 3.45. The third-order valence-electron chi connectivity index (χ3n) is 3.55. The lowest BCUT2D eigenvalue weighted by molar-refractivity contribution is 0.601. The van der Waals surface area contributed by atoms with Crippen LogP contribution in [0.3, 0.4) is 0 Å². The lowest BCUT2D eigenvalue weighted by atomic mass is 9.99. The second-order valence-corrected chi connectivity index (χ2v) is 5.51. The third-order valence-corrected chi connectivity index (χ3v) is 3.78. The fourth-order valence-corrected chi connectivity index (χ4v) is 2.76. The topological polar surface area (TPSA) is 29.3 Å². The highest BCUT2D eigenvalue weighted by Gasteiger charge is 2.17. The van der Waals surface area contributed by atoms with Crippen molar-refractivity contribution in [2.45, 2.75) is 19.4 Å². The van der Waals surface area contributed by atoms with Gasteiger partial charge in [-0.25, -0.2) is 4.52 Å². The number of pyridine rings is 1. The summed E-state index contributed by atoms with van der Waals surface area (Å²) in [6.07, 6.45) is 4.98. The molecule has 0 aliphatic heterocycles. The van der Waals surface area contributed by atoms with Gasteiger partial charge in [-0.3, -0.25) is 0 Å². The molecule has 0 spiro atoms. The van der Waals surface area contributed by atoms with Crippen LogP contribution in [0, 0.1) is 0 Å². The number of rotatable bonds is 5. The molecule has 3 nitrogen and oxygen atoms in total. The molecule has 2 heterocycles. The maximum atomic E-state index is 6.15. The summed E-state index contributed by atoms with van der Waals surface area (Å²) >= 11 is 6.15. The van der Waals surface area contributed by atoms with Crippen LogP contribution in [0.4, 0.5) is 0 Å². The van der Waals surface area contributed by atoms with E-state index in [4.69, 9.17) is 11.6 Å². The highest BCUT2D eigenvalue weighted by atomic mass is 35.5. The molecule has 0 saturated carbocycles. The van der Waals surface area contributed by atoms with Gasteiger partial charge in [-0.2, -0.15) is 5.10 Å². The molecule has 0 bridgehead atoms. The first-order valence-electron chi connectivity index (χ1n) is 7.20. The number of fused-ring (bicyclic) bond motifs is 1. The zero-order chi connectivity index (χ0) is 14.7. The molecule has 3 rings (SSSR count). The van der Waals surface area contributed by atoms with E-state index < -0.39 is 0 Å². The molecule has 0 saturated heterocycles. The molecule has 4 heteroatoms. The van der Waals surface area contributed by atoms with E-state index in [1.165, 1.54) is 5.56 Å². The maximum Gasteiger partial charge on any atom is 0.0712 e. The number of aromatic nitrogens is 2. The Morgan fingerprint density at radius 3 is 2.95 bits per heavy atom. The summed E-state index contributed by atoms with van der Waals surface area (Å²) in [7, 11) is 0. The van der Waals surface area contributed by atoms with Gasteiger partial charge >= 0.3 is 0 Å². The molecule has 0 fully saturated rings. The first kappa shape index (κ1) is 14.1. The number of nitrogens with zero attached hydrogens (tertiary/aromatic N) is 2. The average Bonchev–Trinajstić information content (AvgIpc) is 2.92.